The highest BCUT2D eigenvalue weighted by Gasteiger charge is 2.16. The highest BCUT2D eigenvalue weighted by Crippen LogP contribution is 2.33. The Bertz CT molecular complexity index is 421. The van der Waals surface area contributed by atoms with E-state index in [1.165, 1.54) is 40.8 Å². The van der Waals surface area contributed by atoms with Crippen LogP contribution >= 0.6 is 11.3 Å². The highest BCUT2D eigenvalue weighted by atomic mass is 32.1. The molecule has 0 aliphatic carbocycles. The van der Waals surface area contributed by atoms with Gasteiger partial charge in [-0.3, -0.25) is 0 Å². The van der Waals surface area contributed by atoms with E-state index in [1.807, 2.05) is 11.3 Å². The van der Waals surface area contributed by atoms with E-state index in [0.717, 1.165) is 0 Å². The lowest BCUT2D eigenvalue weighted by Gasteiger charge is -2.22. The van der Waals surface area contributed by atoms with Crippen LogP contribution in [-0.2, 0) is 0 Å². The van der Waals surface area contributed by atoms with Gasteiger partial charge in [0.05, 0.1) is 0 Å². The monoisotopic (exact) mass is 217 g/mol. The maximum absolute atomic E-state index is 3.61. The van der Waals surface area contributed by atoms with Crippen molar-refractivity contribution in [2.75, 3.05) is 6.54 Å². The largest absolute Gasteiger partial charge is 0.309 e. The smallest absolute Gasteiger partial charge is 0.0415 e. The summed E-state index contributed by atoms with van der Waals surface area (Å²) in [4.78, 5) is 1.51. The van der Waals surface area contributed by atoms with Crippen LogP contribution in [0.1, 0.15) is 30.2 Å². The molecule has 1 fully saturated rings. The maximum Gasteiger partial charge on any atom is 0.0415 e. The van der Waals surface area contributed by atoms with Crippen molar-refractivity contribution in [3.05, 3.63) is 35.2 Å². The summed E-state index contributed by atoms with van der Waals surface area (Å²) in [6, 6.07) is 11.6. The summed E-state index contributed by atoms with van der Waals surface area (Å²) in [5, 5.41) is 5.00. The molecule has 15 heavy (non-hydrogen) atoms. The van der Waals surface area contributed by atoms with Crippen LogP contribution < -0.4 is 5.32 Å². The Morgan fingerprint density at radius 3 is 2.93 bits per heavy atom. The third-order valence-corrected chi connectivity index (χ3v) is 4.33. The number of benzene rings is 1. The summed E-state index contributed by atoms with van der Waals surface area (Å²) >= 11 is 1.94. The van der Waals surface area contributed by atoms with Crippen molar-refractivity contribution >= 4 is 21.4 Å². The van der Waals surface area contributed by atoms with Crippen LogP contribution in [0.3, 0.4) is 0 Å². The van der Waals surface area contributed by atoms with Gasteiger partial charge < -0.3 is 5.32 Å². The number of fused-ring (bicyclic) bond motifs is 1. The second-order valence-corrected chi connectivity index (χ2v) is 5.30. The molecule has 2 heteroatoms. The Balaban J connectivity index is 1.96. The van der Waals surface area contributed by atoms with E-state index in [2.05, 4.69) is 35.6 Å². The molecule has 0 saturated carbocycles. The molecule has 0 amide bonds. The van der Waals surface area contributed by atoms with Gasteiger partial charge in [0.1, 0.15) is 0 Å². The van der Waals surface area contributed by atoms with Crippen LogP contribution in [0, 0.1) is 0 Å². The fraction of sp³-hybridized carbons (Fsp3) is 0.385. The summed E-state index contributed by atoms with van der Waals surface area (Å²) in [6.07, 6.45) is 4.00. The Hall–Kier alpha value is -0.860. The first-order chi connectivity index (χ1) is 7.43. The van der Waals surface area contributed by atoms with E-state index < -0.39 is 0 Å². The first kappa shape index (κ1) is 9.37. The van der Waals surface area contributed by atoms with Crippen molar-refractivity contribution in [3.63, 3.8) is 0 Å². The molecule has 1 aliphatic heterocycles. The van der Waals surface area contributed by atoms with Gasteiger partial charge in [-0.15, -0.1) is 11.3 Å². The first-order valence-electron chi connectivity index (χ1n) is 5.65. The number of piperidine rings is 1. The molecule has 2 heterocycles. The van der Waals surface area contributed by atoms with Gasteiger partial charge in [-0.1, -0.05) is 24.6 Å². The molecule has 1 N–H and O–H groups in total. The van der Waals surface area contributed by atoms with Crippen molar-refractivity contribution in [1.82, 2.24) is 5.32 Å². The standard InChI is InChI=1S/C13H15NS/c1-2-7-12-10(5-1)9-13(15-12)11-6-3-4-8-14-11/h1-2,5,7,9,11,14H,3-4,6,8H2. The van der Waals surface area contributed by atoms with E-state index in [4.69, 9.17) is 0 Å². The molecular formula is C13H15NS. The summed E-state index contributed by atoms with van der Waals surface area (Å²) in [5.74, 6) is 0. The lowest BCUT2D eigenvalue weighted by atomic mass is 10.0. The van der Waals surface area contributed by atoms with E-state index in [1.54, 1.807) is 0 Å². The molecule has 1 saturated heterocycles. The van der Waals surface area contributed by atoms with Crippen LogP contribution in [0.25, 0.3) is 10.1 Å². The summed E-state index contributed by atoms with van der Waals surface area (Å²) in [6.45, 7) is 1.18. The Labute approximate surface area is 94.1 Å². The molecule has 78 valence electrons. The van der Waals surface area contributed by atoms with Crippen molar-refractivity contribution in [3.8, 4) is 0 Å². The van der Waals surface area contributed by atoms with Crippen LogP contribution in [-0.4, -0.2) is 6.54 Å². The average Bonchev–Trinajstić information content (AvgIpc) is 2.74. The third kappa shape index (κ3) is 1.80. The number of rotatable bonds is 1. The van der Waals surface area contributed by atoms with Crippen molar-refractivity contribution in [2.24, 2.45) is 0 Å². The number of thiophene rings is 1. The van der Waals surface area contributed by atoms with Gasteiger partial charge in [0, 0.05) is 15.6 Å². The molecular weight excluding hydrogens is 202 g/mol. The van der Waals surface area contributed by atoms with E-state index in [9.17, 15) is 0 Å². The summed E-state index contributed by atoms with van der Waals surface area (Å²) in [5.41, 5.74) is 0. The SMILES string of the molecule is c1ccc2sc(C3CCCCN3)cc2c1. The van der Waals surface area contributed by atoms with Gasteiger partial charge in [0.25, 0.3) is 0 Å². The minimum absolute atomic E-state index is 0.608. The molecule has 1 aromatic heterocycles. The zero-order valence-corrected chi connectivity index (χ0v) is 9.52. The molecule has 2 aromatic rings. The minimum Gasteiger partial charge on any atom is -0.309 e. The van der Waals surface area contributed by atoms with Gasteiger partial charge in [-0.25, -0.2) is 0 Å². The Morgan fingerprint density at radius 1 is 1.20 bits per heavy atom. The Morgan fingerprint density at radius 2 is 2.13 bits per heavy atom. The minimum atomic E-state index is 0.608. The predicted molar refractivity (Wildman–Crippen MR) is 66.4 cm³/mol. The summed E-state index contributed by atoms with van der Waals surface area (Å²) < 4.78 is 1.42. The van der Waals surface area contributed by atoms with Crippen molar-refractivity contribution in [2.45, 2.75) is 25.3 Å². The zero-order valence-electron chi connectivity index (χ0n) is 8.70. The fourth-order valence-electron chi connectivity index (χ4n) is 2.27. The molecule has 0 radical (unpaired) electrons. The second kappa shape index (κ2) is 3.95. The molecule has 1 aliphatic rings. The predicted octanol–water partition coefficient (Wildman–Crippen LogP) is 3.72. The third-order valence-electron chi connectivity index (χ3n) is 3.10. The van der Waals surface area contributed by atoms with Gasteiger partial charge >= 0.3 is 0 Å². The van der Waals surface area contributed by atoms with Crippen molar-refractivity contribution in [1.29, 1.82) is 0 Å². The lowest BCUT2D eigenvalue weighted by Crippen LogP contribution is -2.25. The molecule has 0 bridgehead atoms. The number of hydrogen-bond donors (Lipinski definition) is 1. The quantitative estimate of drug-likeness (QED) is 0.767. The van der Waals surface area contributed by atoms with Crippen LogP contribution in [0.2, 0.25) is 0 Å². The zero-order chi connectivity index (χ0) is 10.1. The molecule has 1 aromatic carbocycles. The number of hydrogen-bond acceptors (Lipinski definition) is 2. The molecule has 1 atom stereocenters. The van der Waals surface area contributed by atoms with Gasteiger partial charge in [0.2, 0.25) is 0 Å². The first-order valence-corrected chi connectivity index (χ1v) is 6.47. The molecule has 0 spiro atoms. The van der Waals surface area contributed by atoms with Crippen LogP contribution in [0.15, 0.2) is 30.3 Å². The van der Waals surface area contributed by atoms with Crippen molar-refractivity contribution < 1.29 is 0 Å². The second-order valence-electron chi connectivity index (χ2n) is 4.19. The molecule has 3 rings (SSSR count). The topological polar surface area (TPSA) is 12.0 Å². The van der Waals surface area contributed by atoms with Gasteiger partial charge in [-0.2, -0.15) is 0 Å². The van der Waals surface area contributed by atoms with E-state index in [-0.39, 0.29) is 0 Å². The highest BCUT2D eigenvalue weighted by molar-refractivity contribution is 7.19. The Kier molecular flexibility index (Phi) is 2.47. The van der Waals surface area contributed by atoms with E-state index >= 15 is 0 Å². The maximum atomic E-state index is 3.61. The van der Waals surface area contributed by atoms with E-state index in [0.29, 0.717) is 6.04 Å². The number of nitrogens with one attached hydrogen (secondary N) is 1. The fourth-order valence-corrected chi connectivity index (χ4v) is 3.44. The van der Waals surface area contributed by atoms with Crippen LogP contribution in [0.4, 0.5) is 0 Å². The lowest BCUT2D eigenvalue weighted by molar-refractivity contribution is 0.417. The summed E-state index contributed by atoms with van der Waals surface area (Å²) in [7, 11) is 0. The normalized spacial score (nSPS) is 22.0. The average molecular weight is 217 g/mol. The van der Waals surface area contributed by atoms with Crippen LogP contribution in [0.5, 0.6) is 0 Å². The van der Waals surface area contributed by atoms with Gasteiger partial charge in [-0.05, 0) is 36.9 Å². The van der Waals surface area contributed by atoms with Gasteiger partial charge in [0.15, 0.2) is 0 Å². The molecule has 1 unspecified atom stereocenters. The molecule has 1 nitrogen and oxygen atoms in total.